The lowest BCUT2D eigenvalue weighted by molar-refractivity contribution is 0.608. The summed E-state index contributed by atoms with van der Waals surface area (Å²) in [7, 11) is 3.74. The number of nitrogens with zero attached hydrogens (tertiary/aromatic N) is 7. The highest BCUT2D eigenvalue weighted by molar-refractivity contribution is 6.03. The Bertz CT molecular complexity index is 1270. The second-order valence-corrected chi connectivity index (χ2v) is 6.48. The van der Waals surface area contributed by atoms with Crippen molar-refractivity contribution in [3.63, 3.8) is 0 Å². The molecule has 140 valence electrons. The Labute approximate surface area is 159 Å². The van der Waals surface area contributed by atoms with Crippen LogP contribution in [0.3, 0.4) is 0 Å². The van der Waals surface area contributed by atoms with E-state index in [-0.39, 0.29) is 0 Å². The van der Waals surface area contributed by atoms with Crippen LogP contribution in [0.5, 0.6) is 0 Å². The van der Waals surface area contributed by atoms with E-state index < -0.39 is 0 Å². The molecule has 0 bridgehead atoms. The molecule has 10 heteroatoms. The van der Waals surface area contributed by atoms with Crippen LogP contribution in [0.1, 0.15) is 11.4 Å². The first-order valence-electron chi connectivity index (χ1n) is 8.84. The lowest BCUT2D eigenvalue weighted by Crippen LogP contribution is -1.95. The quantitative estimate of drug-likeness (QED) is 0.479. The Balaban J connectivity index is 1.55. The van der Waals surface area contributed by atoms with E-state index in [1.54, 1.807) is 6.33 Å². The van der Waals surface area contributed by atoms with Crippen molar-refractivity contribution in [2.45, 2.75) is 12.8 Å². The first-order chi connectivity index (χ1) is 13.7. The molecule has 5 aromatic rings. The molecule has 0 fully saturated rings. The first kappa shape index (κ1) is 16.4. The average Bonchev–Trinajstić information content (AvgIpc) is 3.45. The molecule has 4 heterocycles. The molecule has 0 aliphatic heterocycles. The SMILES string of the molecule is CNc1nc2oc(-c3cccc(CCc4nnn[nH]4)c3)nc2c2c1ncn2C. The van der Waals surface area contributed by atoms with Gasteiger partial charge in [0.2, 0.25) is 5.89 Å². The van der Waals surface area contributed by atoms with Crippen LogP contribution < -0.4 is 5.32 Å². The minimum absolute atomic E-state index is 0.480. The summed E-state index contributed by atoms with van der Waals surface area (Å²) in [5.74, 6) is 1.95. The Hall–Kier alpha value is -3.82. The van der Waals surface area contributed by atoms with Gasteiger partial charge in [0, 0.05) is 26.1 Å². The molecule has 0 unspecified atom stereocenters. The summed E-state index contributed by atoms with van der Waals surface area (Å²) in [6, 6.07) is 8.09. The number of imidazole rings is 1. The molecule has 0 atom stereocenters. The molecule has 0 saturated carbocycles. The van der Waals surface area contributed by atoms with Crippen molar-refractivity contribution >= 4 is 28.1 Å². The number of rotatable bonds is 5. The number of anilines is 1. The van der Waals surface area contributed by atoms with E-state index in [9.17, 15) is 0 Å². The number of fused-ring (bicyclic) bond motifs is 3. The summed E-state index contributed by atoms with van der Waals surface area (Å²) in [5.41, 5.74) is 4.87. The maximum absolute atomic E-state index is 5.99. The Morgan fingerprint density at radius 3 is 2.93 bits per heavy atom. The third-order valence-corrected chi connectivity index (χ3v) is 4.66. The lowest BCUT2D eigenvalue weighted by Gasteiger charge is -2.01. The maximum Gasteiger partial charge on any atom is 0.251 e. The van der Waals surface area contributed by atoms with Crippen LogP contribution in [0.2, 0.25) is 0 Å². The van der Waals surface area contributed by atoms with Gasteiger partial charge >= 0.3 is 0 Å². The zero-order chi connectivity index (χ0) is 19.1. The van der Waals surface area contributed by atoms with E-state index in [0.717, 1.165) is 40.8 Å². The van der Waals surface area contributed by atoms with Gasteiger partial charge in [0.1, 0.15) is 16.9 Å². The number of oxazole rings is 1. The van der Waals surface area contributed by atoms with Crippen molar-refractivity contribution in [2.75, 3.05) is 12.4 Å². The fraction of sp³-hybridized carbons (Fsp3) is 0.222. The summed E-state index contributed by atoms with van der Waals surface area (Å²) in [5, 5.41) is 17.0. The molecule has 0 spiro atoms. The molecule has 0 radical (unpaired) electrons. The number of aryl methyl sites for hydroxylation is 3. The van der Waals surface area contributed by atoms with Crippen LogP contribution in [0.4, 0.5) is 5.82 Å². The number of hydrogen-bond acceptors (Lipinski definition) is 8. The highest BCUT2D eigenvalue weighted by Gasteiger charge is 2.18. The number of H-pyrrole nitrogens is 1. The predicted octanol–water partition coefficient (Wildman–Crippen LogP) is 2.12. The highest BCUT2D eigenvalue weighted by Crippen LogP contribution is 2.31. The molecule has 4 aromatic heterocycles. The second kappa shape index (κ2) is 6.41. The summed E-state index contributed by atoms with van der Waals surface area (Å²) in [4.78, 5) is 13.7. The van der Waals surface area contributed by atoms with Crippen molar-refractivity contribution in [3.8, 4) is 11.5 Å². The van der Waals surface area contributed by atoms with Crippen LogP contribution in [0, 0.1) is 0 Å². The molecule has 0 aliphatic carbocycles. The number of tetrazole rings is 1. The summed E-state index contributed by atoms with van der Waals surface area (Å²) < 4.78 is 7.92. The Morgan fingerprint density at radius 1 is 1.18 bits per heavy atom. The van der Waals surface area contributed by atoms with E-state index in [1.165, 1.54) is 0 Å². The molecular formula is C18H17N9O. The molecule has 5 rings (SSSR count). The minimum atomic E-state index is 0.480. The molecule has 0 saturated heterocycles. The van der Waals surface area contributed by atoms with E-state index in [1.807, 2.05) is 30.8 Å². The molecule has 0 amide bonds. The van der Waals surface area contributed by atoms with Crippen molar-refractivity contribution in [2.24, 2.45) is 7.05 Å². The third-order valence-electron chi connectivity index (χ3n) is 4.66. The first-order valence-corrected chi connectivity index (χ1v) is 8.84. The molecule has 10 nitrogen and oxygen atoms in total. The van der Waals surface area contributed by atoms with Gasteiger partial charge in [-0.2, -0.15) is 4.98 Å². The maximum atomic E-state index is 5.99. The molecule has 2 N–H and O–H groups in total. The average molecular weight is 375 g/mol. The smallest absolute Gasteiger partial charge is 0.251 e. The van der Waals surface area contributed by atoms with Crippen molar-refractivity contribution in [1.29, 1.82) is 0 Å². The topological polar surface area (TPSA) is 123 Å². The highest BCUT2D eigenvalue weighted by atomic mass is 16.4. The van der Waals surface area contributed by atoms with E-state index in [2.05, 4.69) is 48.0 Å². The minimum Gasteiger partial charge on any atom is -0.418 e. The fourth-order valence-electron chi connectivity index (χ4n) is 3.28. The van der Waals surface area contributed by atoms with Gasteiger partial charge in [0.05, 0.1) is 6.33 Å². The number of pyridine rings is 1. The fourth-order valence-corrected chi connectivity index (χ4v) is 3.28. The Kier molecular flexibility index (Phi) is 3.75. The van der Waals surface area contributed by atoms with Gasteiger partial charge in [-0.15, -0.1) is 5.10 Å². The van der Waals surface area contributed by atoms with Gasteiger partial charge in [0.15, 0.2) is 11.3 Å². The number of hydrogen-bond donors (Lipinski definition) is 2. The van der Waals surface area contributed by atoms with Crippen LogP contribution in [-0.2, 0) is 19.9 Å². The van der Waals surface area contributed by atoms with Gasteiger partial charge in [-0.1, -0.05) is 12.1 Å². The van der Waals surface area contributed by atoms with Crippen LogP contribution >= 0.6 is 0 Å². The largest absolute Gasteiger partial charge is 0.418 e. The summed E-state index contributed by atoms with van der Waals surface area (Å²) in [6.07, 6.45) is 3.28. The van der Waals surface area contributed by atoms with Gasteiger partial charge < -0.3 is 14.3 Å². The predicted molar refractivity (Wildman–Crippen MR) is 103 cm³/mol. The number of nitrogens with one attached hydrogen (secondary N) is 2. The van der Waals surface area contributed by atoms with Crippen molar-refractivity contribution < 1.29 is 4.42 Å². The zero-order valence-electron chi connectivity index (χ0n) is 15.3. The number of aromatic amines is 1. The molecule has 0 aliphatic rings. The van der Waals surface area contributed by atoms with Crippen molar-refractivity contribution in [3.05, 3.63) is 42.0 Å². The number of benzene rings is 1. The molecule has 1 aromatic carbocycles. The molecular weight excluding hydrogens is 358 g/mol. The van der Waals surface area contributed by atoms with E-state index >= 15 is 0 Å². The zero-order valence-corrected chi connectivity index (χ0v) is 15.3. The van der Waals surface area contributed by atoms with Crippen molar-refractivity contribution in [1.82, 2.24) is 40.1 Å². The monoisotopic (exact) mass is 375 g/mol. The van der Waals surface area contributed by atoms with Crippen LogP contribution in [0.15, 0.2) is 35.0 Å². The second-order valence-electron chi connectivity index (χ2n) is 6.48. The third kappa shape index (κ3) is 2.66. The van der Waals surface area contributed by atoms with Gasteiger partial charge in [-0.25, -0.2) is 15.1 Å². The van der Waals surface area contributed by atoms with Gasteiger partial charge in [0.25, 0.3) is 5.71 Å². The summed E-state index contributed by atoms with van der Waals surface area (Å²) in [6.45, 7) is 0. The van der Waals surface area contributed by atoms with E-state index in [4.69, 9.17) is 9.40 Å². The normalized spacial score (nSPS) is 11.5. The van der Waals surface area contributed by atoms with Crippen LogP contribution in [-0.4, -0.2) is 47.2 Å². The summed E-state index contributed by atoms with van der Waals surface area (Å²) >= 11 is 0. The van der Waals surface area contributed by atoms with E-state index in [0.29, 0.717) is 22.9 Å². The molecule has 28 heavy (non-hydrogen) atoms. The number of aromatic nitrogens is 8. The lowest BCUT2D eigenvalue weighted by atomic mass is 10.1. The Morgan fingerprint density at radius 2 is 2.11 bits per heavy atom. The van der Waals surface area contributed by atoms with Crippen LogP contribution in [0.25, 0.3) is 33.7 Å². The van der Waals surface area contributed by atoms with Gasteiger partial charge in [-0.3, -0.25) is 0 Å². The van der Waals surface area contributed by atoms with Gasteiger partial charge in [-0.05, 0) is 34.5 Å². The standard InChI is InChI=1S/C18H17N9O/c1-19-16-13-15(27(2)9-20-13)14-18(22-16)28-17(21-14)11-5-3-4-10(8-11)6-7-12-23-25-26-24-12/h3-5,8-9H,6-7H2,1-2H3,(H,19,22)(H,23,24,25,26).